The lowest BCUT2D eigenvalue weighted by Gasteiger charge is -2.33. The van der Waals surface area contributed by atoms with Crippen molar-refractivity contribution < 1.29 is 9.69 Å². The number of hydrogen-bond donors (Lipinski definition) is 3. The Labute approximate surface area is 179 Å². The molecule has 2 aromatic rings. The number of anilines is 1. The molecule has 0 spiro atoms. The van der Waals surface area contributed by atoms with Gasteiger partial charge in [0.25, 0.3) is 5.91 Å². The molecule has 1 amide bonds. The van der Waals surface area contributed by atoms with Gasteiger partial charge in [-0.25, -0.2) is 0 Å². The molecule has 0 aromatic heterocycles. The number of nitrogens with one attached hydrogen (secondary N) is 3. The molecule has 0 unspecified atom stereocenters. The van der Waals surface area contributed by atoms with Gasteiger partial charge in [-0.3, -0.25) is 4.79 Å². The molecular formula is C23H31N4OS+. The topological polar surface area (TPSA) is 48.8 Å². The van der Waals surface area contributed by atoms with E-state index in [0.717, 1.165) is 61.1 Å². The van der Waals surface area contributed by atoms with Gasteiger partial charge in [0.1, 0.15) is 0 Å². The lowest BCUT2D eigenvalue weighted by atomic mass is 10.1. The molecule has 1 aliphatic rings. The predicted octanol–water partition coefficient (Wildman–Crippen LogP) is 1.56. The zero-order chi connectivity index (χ0) is 20.6. The van der Waals surface area contributed by atoms with Gasteiger partial charge < -0.3 is 20.4 Å². The summed E-state index contributed by atoms with van der Waals surface area (Å²) in [5.41, 5.74) is 4.46. The van der Waals surface area contributed by atoms with E-state index in [1.54, 1.807) is 0 Å². The molecule has 3 N–H and O–H groups in total. The van der Waals surface area contributed by atoms with Gasteiger partial charge in [0.2, 0.25) is 0 Å². The number of amides is 1. The summed E-state index contributed by atoms with van der Waals surface area (Å²) in [4.78, 5) is 16.0. The van der Waals surface area contributed by atoms with E-state index < -0.39 is 0 Å². The summed E-state index contributed by atoms with van der Waals surface area (Å²) in [6.45, 7) is 8.98. The number of hydrogen-bond acceptors (Lipinski definition) is 2. The third-order valence-corrected chi connectivity index (χ3v) is 5.85. The fourth-order valence-electron chi connectivity index (χ4n) is 3.70. The van der Waals surface area contributed by atoms with Gasteiger partial charge >= 0.3 is 0 Å². The van der Waals surface area contributed by atoms with Gasteiger partial charge in [-0.1, -0.05) is 48.5 Å². The smallest absolute Gasteiger partial charge is 0.279 e. The third-order valence-electron chi connectivity index (χ3n) is 5.45. The van der Waals surface area contributed by atoms with Crippen molar-refractivity contribution >= 4 is 28.9 Å². The molecule has 0 saturated carbocycles. The summed E-state index contributed by atoms with van der Waals surface area (Å²) >= 11 is 5.56. The molecule has 0 atom stereocenters. The van der Waals surface area contributed by atoms with E-state index >= 15 is 0 Å². The molecule has 1 aliphatic heterocycles. The number of carbonyl (C=O) groups is 1. The van der Waals surface area contributed by atoms with Crippen molar-refractivity contribution in [1.29, 1.82) is 0 Å². The fourth-order valence-corrected chi connectivity index (χ4v) is 3.98. The number of quaternary nitrogens is 1. The molecule has 1 saturated heterocycles. The molecule has 0 aliphatic carbocycles. The van der Waals surface area contributed by atoms with Gasteiger partial charge in [-0.2, -0.15) is 0 Å². The maximum absolute atomic E-state index is 12.5. The molecule has 1 fully saturated rings. The highest BCUT2D eigenvalue weighted by Crippen LogP contribution is 2.18. The lowest BCUT2D eigenvalue weighted by molar-refractivity contribution is -0.895. The highest BCUT2D eigenvalue weighted by Gasteiger charge is 2.23. The molecule has 154 valence electrons. The van der Waals surface area contributed by atoms with E-state index in [1.807, 2.05) is 38.1 Å². The van der Waals surface area contributed by atoms with Crippen LogP contribution >= 0.6 is 12.2 Å². The summed E-state index contributed by atoms with van der Waals surface area (Å²) in [6.07, 6.45) is 0.963. The molecule has 6 heteroatoms. The molecule has 29 heavy (non-hydrogen) atoms. The fraction of sp³-hybridized carbons (Fsp3) is 0.391. The first-order chi connectivity index (χ1) is 14.0. The zero-order valence-electron chi connectivity index (χ0n) is 17.3. The molecule has 2 aromatic carbocycles. The van der Waals surface area contributed by atoms with Crippen molar-refractivity contribution in [3.05, 3.63) is 65.2 Å². The number of benzene rings is 2. The van der Waals surface area contributed by atoms with Crippen LogP contribution < -0.4 is 15.5 Å². The monoisotopic (exact) mass is 411 g/mol. The number of rotatable bonds is 6. The maximum atomic E-state index is 12.5. The number of nitrogens with zero attached hydrogens (tertiary/aromatic N) is 1. The first-order valence-corrected chi connectivity index (χ1v) is 10.7. The minimum Gasteiger partial charge on any atom is -0.362 e. The Kier molecular flexibility index (Phi) is 7.61. The average molecular weight is 412 g/mol. The van der Waals surface area contributed by atoms with Crippen molar-refractivity contribution in [3.63, 3.8) is 0 Å². The van der Waals surface area contributed by atoms with Crippen molar-refractivity contribution in [2.75, 3.05) is 44.6 Å². The van der Waals surface area contributed by atoms with Crippen LogP contribution in [0.2, 0.25) is 0 Å². The van der Waals surface area contributed by atoms with E-state index in [0.29, 0.717) is 6.54 Å². The zero-order valence-corrected chi connectivity index (χ0v) is 18.1. The normalized spacial score (nSPS) is 14.5. The second-order valence-electron chi connectivity index (χ2n) is 7.70. The SMILES string of the molecule is Cc1cccc(C)c1NC(=O)C[NH+]1CCN(C(=S)NCCc2ccccc2)CC1. The minimum atomic E-state index is 0.0782. The van der Waals surface area contributed by atoms with Gasteiger partial charge in [0.15, 0.2) is 11.7 Å². The van der Waals surface area contributed by atoms with Crippen LogP contribution in [0.25, 0.3) is 0 Å². The number of piperazine rings is 1. The van der Waals surface area contributed by atoms with Crippen LogP contribution in [0.15, 0.2) is 48.5 Å². The van der Waals surface area contributed by atoms with Crippen LogP contribution in [0, 0.1) is 13.8 Å². The number of thiocarbonyl (C=S) groups is 1. The van der Waals surface area contributed by atoms with Gasteiger partial charge in [0.05, 0.1) is 26.2 Å². The quantitative estimate of drug-likeness (QED) is 0.632. The molecule has 3 rings (SSSR count). The van der Waals surface area contributed by atoms with Crippen LogP contribution in [0.3, 0.4) is 0 Å². The highest BCUT2D eigenvalue weighted by molar-refractivity contribution is 7.80. The summed E-state index contributed by atoms with van der Waals surface area (Å²) < 4.78 is 0. The number of carbonyl (C=O) groups excluding carboxylic acids is 1. The Morgan fingerprint density at radius 1 is 1.03 bits per heavy atom. The summed E-state index contributed by atoms with van der Waals surface area (Å²) in [5, 5.41) is 7.28. The first-order valence-electron chi connectivity index (χ1n) is 10.3. The van der Waals surface area contributed by atoms with Crippen molar-refractivity contribution in [3.8, 4) is 0 Å². The molecule has 0 radical (unpaired) electrons. The van der Waals surface area contributed by atoms with Crippen molar-refractivity contribution in [1.82, 2.24) is 10.2 Å². The molecule has 1 heterocycles. The van der Waals surface area contributed by atoms with E-state index in [-0.39, 0.29) is 5.91 Å². The molecular weight excluding hydrogens is 380 g/mol. The van der Waals surface area contributed by atoms with E-state index in [1.165, 1.54) is 10.5 Å². The number of aryl methyl sites for hydroxylation is 2. The molecule has 5 nitrogen and oxygen atoms in total. The minimum absolute atomic E-state index is 0.0782. The van der Waals surface area contributed by atoms with Gasteiger partial charge in [-0.15, -0.1) is 0 Å². The third kappa shape index (κ3) is 6.27. The second kappa shape index (κ2) is 10.4. The summed E-state index contributed by atoms with van der Waals surface area (Å²) in [6, 6.07) is 16.5. The van der Waals surface area contributed by atoms with Crippen LogP contribution in [-0.2, 0) is 11.2 Å². The average Bonchev–Trinajstić information content (AvgIpc) is 2.72. The van der Waals surface area contributed by atoms with Gasteiger partial charge in [0, 0.05) is 12.2 Å². The van der Waals surface area contributed by atoms with E-state index in [4.69, 9.17) is 12.2 Å². The van der Waals surface area contributed by atoms with Crippen LogP contribution in [0.5, 0.6) is 0 Å². The molecule has 0 bridgehead atoms. The van der Waals surface area contributed by atoms with Crippen LogP contribution in [0.4, 0.5) is 5.69 Å². The largest absolute Gasteiger partial charge is 0.362 e. The number of para-hydroxylation sites is 1. The Morgan fingerprint density at radius 2 is 1.69 bits per heavy atom. The van der Waals surface area contributed by atoms with Crippen LogP contribution in [0.1, 0.15) is 16.7 Å². The van der Waals surface area contributed by atoms with Gasteiger partial charge in [-0.05, 0) is 49.2 Å². The Hall–Kier alpha value is -2.44. The van der Waals surface area contributed by atoms with Crippen molar-refractivity contribution in [2.24, 2.45) is 0 Å². The standard InChI is InChI=1S/C23H30N4OS/c1-18-7-6-8-19(2)22(18)25-21(28)17-26-13-15-27(16-14-26)23(29)24-12-11-20-9-4-3-5-10-20/h3-10H,11-17H2,1-2H3,(H,24,29)(H,25,28)/p+1. The lowest BCUT2D eigenvalue weighted by Crippen LogP contribution is -3.15. The highest BCUT2D eigenvalue weighted by atomic mass is 32.1. The Morgan fingerprint density at radius 3 is 2.34 bits per heavy atom. The summed E-state index contributed by atoms with van der Waals surface area (Å²) in [7, 11) is 0. The van der Waals surface area contributed by atoms with Crippen molar-refractivity contribution in [2.45, 2.75) is 20.3 Å². The Balaban J connectivity index is 1.38. The first kappa shape index (κ1) is 21.3. The maximum Gasteiger partial charge on any atom is 0.279 e. The second-order valence-corrected chi connectivity index (χ2v) is 8.08. The van der Waals surface area contributed by atoms with E-state index in [9.17, 15) is 4.79 Å². The van der Waals surface area contributed by atoms with Crippen LogP contribution in [-0.4, -0.2) is 55.2 Å². The summed E-state index contributed by atoms with van der Waals surface area (Å²) in [5.74, 6) is 0.0782. The Bertz CT molecular complexity index is 812. The van der Waals surface area contributed by atoms with E-state index in [2.05, 4.69) is 39.8 Å². The predicted molar refractivity (Wildman–Crippen MR) is 122 cm³/mol.